The number of hydrogen-bond acceptors (Lipinski definition) is 6. The lowest BCUT2D eigenvalue weighted by molar-refractivity contribution is 0.628. The molecule has 0 unspecified atom stereocenters. The van der Waals surface area contributed by atoms with Crippen LogP contribution in [0.1, 0.15) is 11.1 Å². The van der Waals surface area contributed by atoms with Gasteiger partial charge in [0.05, 0.1) is 11.2 Å². The summed E-state index contributed by atoms with van der Waals surface area (Å²) in [5.74, 6) is 0.220. The van der Waals surface area contributed by atoms with Gasteiger partial charge in [-0.3, -0.25) is 10.1 Å². The highest BCUT2D eigenvalue weighted by Crippen LogP contribution is 2.31. The van der Waals surface area contributed by atoms with E-state index in [0.717, 1.165) is 40.0 Å². The number of nitrogens with one attached hydrogen (secondary N) is 3. The molecule has 0 radical (unpaired) electrons. The molecule has 3 N–H and O–H groups in total. The summed E-state index contributed by atoms with van der Waals surface area (Å²) in [5.41, 5.74) is 8.75. The maximum absolute atomic E-state index is 13.9. The van der Waals surface area contributed by atoms with Crippen molar-refractivity contribution in [2.75, 3.05) is 0 Å². The van der Waals surface area contributed by atoms with Crippen molar-refractivity contribution < 1.29 is 4.39 Å². The first-order valence-corrected chi connectivity index (χ1v) is 12.9. The Bertz CT molecular complexity index is 1960. The summed E-state index contributed by atoms with van der Waals surface area (Å²) in [4.78, 5) is 21.9. The molecule has 0 aliphatic rings. The van der Waals surface area contributed by atoms with Gasteiger partial charge in [0, 0.05) is 42.8 Å². The first-order chi connectivity index (χ1) is 19.7. The SMILES string of the molecule is Fc1cccc(-c2ccnc3[nH]c(-c4n[nH]c5ccc(-c6cncc(CNCc7ccccc7)c6)nc45)nc23)c1. The van der Waals surface area contributed by atoms with Crippen LogP contribution in [0.5, 0.6) is 0 Å². The third kappa shape index (κ3) is 4.59. The van der Waals surface area contributed by atoms with Crippen LogP contribution in [0.15, 0.2) is 97.5 Å². The summed E-state index contributed by atoms with van der Waals surface area (Å²) in [6, 6.07) is 24.6. The number of aromatic amines is 2. The fourth-order valence-electron chi connectivity index (χ4n) is 4.81. The van der Waals surface area contributed by atoms with Crippen LogP contribution >= 0.6 is 0 Å². The predicted octanol–water partition coefficient (Wildman–Crippen LogP) is 6.05. The average Bonchev–Trinajstić information content (AvgIpc) is 3.62. The first kappa shape index (κ1) is 23.8. The lowest BCUT2D eigenvalue weighted by Gasteiger charge is -2.07. The van der Waals surface area contributed by atoms with Crippen molar-refractivity contribution in [1.29, 1.82) is 0 Å². The van der Waals surface area contributed by atoms with Crippen molar-refractivity contribution in [2.24, 2.45) is 0 Å². The molecule has 0 saturated heterocycles. The number of aromatic nitrogens is 7. The minimum Gasteiger partial charge on any atom is -0.321 e. The number of pyridine rings is 3. The van der Waals surface area contributed by atoms with Gasteiger partial charge in [0.2, 0.25) is 0 Å². The van der Waals surface area contributed by atoms with Crippen LogP contribution in [0.4, 0.5) is 4.39 Å². The van der Waals surface area contributed by atoms with Crippen LogP contribution < -0.4 is 5.32 Å². The molecule has 7 aromatic rings. The summed E-state index contributed by atoms with van der Waals surface area (Å²) in [7, 11) is 0. The van der Waals surface area contributed by atoms with E-state index >= 15 is 0 Å². The van der Waals surface area contributed by atoms with Crippen LogP contribution in [-0.2, 0) is 13.1 Å². The normalized spacial score (nSPS) is 11.4. The molecule has 0 fully saturated rings. The van der Waals surface area contributed by atoms with E-state index in [-0.39, 0.29) is 5.82 Å². The Kier molecular flexibility index (Phi) is 6.02. The van der Waals surface area contributed by atoms with Crippen molar-refractivity contribution in [3.05, 3.63) is 114 Å². The molecule has 0 atom stereocenters. The van der Waals surface area contributed by atoms with Crippen molar-refractivity contribution in [3.63, 3.8) is 0 Å². The van der Waals surface area contributed by atoms with Crippen molar-refractivity contribution in [3.8, 4) is 33.9 Å². The van der Waals surface area contributed by atoms with Crippen molar-refractivity contribution in [2.45, 2.75) is 13.1 Å². The quantitative estimate of drug-likeness (QED) is 0.233. The highest BCUT2D eigenvalue weighted by Gasteiger charge is 2.17. The lowest BCUT2D eigenvalue weighted by Crippen LogP contribution is -2.12. The second kappa shape index (κ2) is 10.1. The maximum Gasteiger partial charge on any atom is 0.162 e. The van der Waals surface area contributed by atoms with Gasteiger partial charge in [-0.2, -0.15) is 5.10 Å². The van der Waals surface area contributed by atoms with E-state index < -0.39 is 0 Å². The molecule has 0 aliphatic carbocycles. The average molecular weight is 527 g/mol. The van der Waals surface area contributed by atoms with Crippen LogP contribution in [0.3, 0.4) is 0 Å². The molecule has 0 amide bonds. The van der Waals surface area contributed by atoms with E-state index in [0.29, 0.717) is 34.7 Å². The van der Waals surface area contributed by atoms with Gasteiger partial charge in [-0.1, -0.05) is 42.5 Å². The maximum atomic E-state index is 13.9. The number of benzene rings is 2. The third-order valence-corrected chi connectivity index (χ3v) is 6.74. The minimum absolute atomic E-state index is 0.307. The molecule has 194 valence electrons. The van der Waals surface area contributed by atoms with E-state index in [2.05, 4.69) is 48.7 Å². The molecule has 9 heteroatoms. The van der Waals surface area contributed by atoms with Gasteiger partial charge in [0.15, 0.2) is 17.2 Å². The number of fused-ring (bicyclic) bond motifs is 2. The third-order valence-electron chi connectivity index (χ3n) is 6.74. The van der Waals surface area contributed by atoms with Crippen LogP contribution in [-0.4, -0.2) is 35.1 Å². The second-order valence-corrected chi connectivity index (χ2v) is 9.49. The van der Waals surface area contributed by atoms with Gasteiger partial charge in [0.1, 0.15) is 16.9 Å². The highest BCUT2D eigenvalue weighted by atomic mass is 19.1. The van der Waals surface area contributed by atoms with Gasteiger partial charge in [-0.05, 0) is 53.1 Å². The van der Waals surface area contributed by atoms with Gasteiger partial charge in [0.25, 0.3) is 0 Å². The largest absolute Gasteiger partial charge is 0.321 e. The Morgan fingerprint density at radius 2 is 1.68 bits per heavy atom. The Labute approximate surface area is 228 Å². The molecule has 5 aromatic heterocycles. The fraction of sp³-hybridized carbons (Fsp3) is 0.0645. The Morgan fingerprint density at radius 1 is 0.775 bits per heavy atom. The minimum atomic E-state index is -0.307. The molecule has 5 heterocycles. The molecular weight excluding hydrogens is 503 g/mol. The van der Waals surface area contributed by atoms with E-state index in [1.807, 2.05) is 54.9 Å². The fourth-order valence-corrected chi connectivity index (χ4v) is 4.81. The van der Waals surface area contributed by atoms with Gasteiger partial charge in [-0.25, -0.2) is 19.3 Å². The number of H-pyrrole nitrogens is 2. The van der Waals surface area contributed by atoms with Crippen LogP contribution in [0, 0.1) is 5.82 Å². The molecule has 0 spiro atoms. The van der Waals surface area contributed by atoms with Gasteiger partial charge < -0.3 is 10.3 Å². The lowest BCUT2D eigenvalue weighted by atomic mass is 10.1. The summed E-state index contributed by atoms with van der Waals surface area (Å²) < 4.78 is 13.9. The Balaban J connectivity index is 1.20. The number of halogens is 1. The molecule has 0 bridgehead atoms. The zero-order valence-corrected chi connectivity index (χ0v) is 21.3. The van der Waals surface area contributed by atoms with Gasteiger partial charge >= 0.3 is 0 Å². The van der Waals surface area contributed by atoms with Gasteiger partial charge in [-0.15, -0.1) is 0 Å². The number of hydrogen-bond donors (Lipinski definition) is 3. The van der Waals surface area contributed by atoms with Crippen molar-refractivity contribution >= 4 is 22.2 Å². The van der Waals surface area contributed by atoms with Crippen molar-refractivity contribution in [1.82, 2.24) is 40.4 Å². The van der Waals surface area contributed by atoms with Crippen LogP contribution in [0.25, 0.3) is 56.1 Å². The van der Waals surface area contributed by atoms with E-state index in [9.17, 15) is 4.39 Å². The number of imidazole rings is 1. The number of nitrogens with zero attached hydrogens (tertiary/aromatic N) is 5. The van der Waals surface area contributed by atoms with Crippen LogP contribution in [0.2, 0.25) is 0 Å². The molecule has 0 saturated carbocycles. The summed E-state index contributed by atoms with van der Waals surface area (Å²) in [6.45, 7) is 1.47. The zero-order chi connectivity index (χ0) is 26.9. The Morgan fingerprint density at radius 3 is 2.58 bits per heavy atom. The summed E-state index contributed by atoms with van der Waals surface area (Å²) in [5, 5.41) is 11.0. The molecule has 0 aliphatic heterocycles. The first-order valence-electron chi connectivity index (χ1n) is 12.9. The topological polar surface area (TPSA) is 108 Å². The predicted molar refractivity (Wildman–Crippen MR) is 152 cm³/mol. The number of rotatable bonds is 7. The Hall–Kier alpha value is -5.28. The van der Waals surface area contributed by atoms with E-state index in [1.54, 1.807) is 12.3 Å². The molecular formula is C31H23FN8. The standard InChI is InChI=1S/C31H23FN8/c32-23-8-4-7-21(14-23)24-11-12-35-30-27(24)37-31(38-30)29-28-26(39-40-29)10-9-25(36-28)22-13-20(17-34-18-22)16-33-15-19-5-2-1-3-6-19/h1-14,17-18,33H,15-16H2,(H,39,40)(H,35,37,38). The van der Waals surface area contributed by atoms with E-state index in [1.165, 1.54) is 17.7 Å². The summed E-state index contributed by atoms with van der Waals surface area (Å²) >= 11 is 0. The molecule has 40 heavy (non-hydrogen) atoms. The van der Waals surface area contributed by atoms with E-state index in [4.69, 9.17) is 9.97 Å². The second-order valence-electron chi connectivity index (χ2n) is 9.49. The zero-order valence-electron chi connectivity index (χ0n) is 21.3. The summed E-state index contributed by atoms with van der Waals surface area (Å²) in [6.07, 6.45) is 5.35. The monoisotopic (exact) mass is 526 g/mol. The molecule has 8 nitrogen and oxygen atoms in total. The highest BCUT2D eigenvalue weighted by molar-refractivity contribution is 5.94. The smallest absolute Gasteiger partial charge is 0.162 e. The molecule has 2 aromatic carbocycles. The molecule has 7 rings (SSSR count).